The van der Waals surface area contributed by atoms with E-state index in [-0.39, 0.29) is 24.9 Å². The van der Waals surface area contributed by atoms with E-state index in [1.54, 1.807) is 48.4 Å². The van der Waals surface area contributed by atoms with Gasteiger partial charge in [-0.1, -0.05) is 6.92 Å². The minimum atomic E-state index is -0.530. The normalized spacial score (nSPS) is 10.4. The molecule has 2 aromatic rings. The molecule has 8 nitrogen and oxygen atoms in total. The first kappa shape index (κ1) is 20.9. The number of amides is 3. The molecule has 0 fully saturated rings. The largest absolute Gasteiger partial charge is 0.497 e. The second kappa shape index (κ2) is 10.1. The van der Waals surface area contributed by atoms with Crippen LogP contribution in [0.15, 0.2) is 48.5 Å². The lowest BCUT2D eigenvalue weighted by Gasteiger charge is -2.19. The number of carbonyl (C=O) groups is 3. The number of carbonyl (C=O) groups excluding carboxylic acids is 3. The van der Waals surface area contributed by atoms with Crippen molar-refractivity contribution in [3.63, 3.8) is 0 Å². The summed E-state index contributed by atoms with van der Waals surface area (Å²) in [5.74, 6) is -0.303. The van der Waals surface area contributed by atoms with Gasteiger partial charge < -0.3 is 21.1 Å². The molecule has 0 saturated heterocycles. The fraction of sp³-hybridized carbons (Fsp3) is 0.250. The van der Waals surface area contributed by atoms with E-state index >= 15 is 0 Å². The predicted octanol–water partition coefficient (Wildman–Crippen LogP) is 1.69. The van der Waals surface area contributed by atoms with Gasteiger partial charge in [0.2, 0.25) is 17.7 Å². The maximum Gasteiger partial charge on any atom is 0.248 e. The Morgan fingerprint density at radius 2 is 1.36 bits per heavy atom. The van der Waals surface area contributed by atoms with Crippen molar-refractivity contribution in [1.82, 2.24) is 4.90 Å². The molecule has 0 atom stereocenters. The number of primary amides is 1. The number of nitrogens with two attached hydrogens (primary N) is 1. The highest BCUT2D eigenvalue weighted by atomic mass is 16.5. The summed E-state index contributed by atoms with van der Waals surface area (Å²) in [6, 6.07) is 13.3. The van der Waals surface area contributed by atoms with E-state index in [0.717, 1.165) is 0 Å². The van der Waals surface area contributed by atoms with Crippen molar-refractivity contribution in [3.05, 3.63) is 54.1 Å². The minimum absolute atomic E-state index is 0.0596. The topological polar surface area (TPSA) is 114 Å². The van der Waals surface area contributed by atoms with Crippen LogP contribution in [-0.4, -0.2) is 49.4 Å². The molecule has 2 rings (SSSR count). The minimum Gasteiger partial charge on any atom is -0.497 e. The molecule has 8 heteroatoms. The number of hydrogen-bond acceptors (Lipinski definition) is 5. The van der Waals surface area contributed by atoms with Crippen molar-refractivity contribution in [2.24, 2.45) is 5.73 Å². The van der Waals surface area contributed by atoms with Crippen molar-refractivity contribution in [2.45, 2.75) is 6.92 Å². The molecule has 3 amide bonds. The van der Waals surface area contributed by atoms with Crippen LogP contribution in [0.3, 0.4) is 0 Å². The number of methoxy groups -OCH3 is 1. The summed E-state index contributed by atoms with van der Waals surface area (Å²) in [5.41, 5.74) is 6.76. The zero-order valence-corrected chi connectivity index (χ0v) is 15.9. The van der Waals surface area contributed by atoms with Crippen molar-refractivity contribution in [1.29, 1.82) is 0 Å². The fourth-order valence-corrected chi connectivity index (χ4v) is 2.48. The lowest BCUT2D eigenvalue weighted by atomic mass is 10.2. The van der Waals surface area contributed by atoms with Gasteiger partial charge in [0.05, 0.1) is 20.2 Å². The number of hydrogen-bond donors (Lipinski definition) is 3. The van der Waals surface area contributed by atoms with Crippen molar-refractivity contribution in [3.8, 4) is 5.75 Å². The molecular weight excluding hydrogens is 360 g/mol. The second-order valence-electron chi connectivity index (χ2n) is 6.07. The molecule has 0 unspecified atom stereocenters. The van der Waals surface area contributed by atoms with E-state index in [9.17, 15) is 14.4 Å². The molecule has 148 valence electrons. The van der Waals surface area contributed by atoms with E-state index in [0.29, 0.717) is 29.2 Å². The molecule has 0 heterocycles. The summed E-state index contributed by atoms with van der Waals surface area (Å²) in [7, 11) is 1.57. The standard InChI is InChI=1S/C20H24N4O4/c1-3-24(13-19(26)23-16-8-10-17(28-2)11-9-16)12-18(25)22-15-6-4-14(5-7-15)20(21)27/h4-11H,3,12-13H2,1-2H3,(H2,21,27)(H,22,25)(H,23,26). The number of benzene rings is 2. The number of anilines is 2. The average Bonchev–Trinajstić information content (AvgIpc) is 2.68. The van der Waals surface area contributed by atoms with Gasteiger partial charge >= 0.3 is 0 Å². The molecule has 4 N–H and O–H groups in total. The summed E-state index contributed by atoms with van der Waals surface area (Å²) >= 11 is 0. The first-order valence-electron chi connectivity index (χ1n) is 8.77. The lowest BCUT2D eigenvalue weighted by Crippen LogP contribution is -2.38. The number of nitrogens with zero attached hydrogens (tertiary/aromatic N) is 1. The molecule has 0 radical (unpaired) electrons. The van der Waals surface area contributed by atoms with Crippen LogP contribution >= 0.6 is 0 Å². The molecule has 0 bridgehead atoms. The SMILES string of the molecule is CCN(CC(=O)Nc1ccc(OC)cc1)CC(=O)Nc1ccc(C(N)=O)cc1. The van der Waals surface area contributed by atoms with Crippen molar-refractivity contribution in [2.75, 3.05) is 37.4 Å². The highest BCUT2D eigenvalue weighted by molar-refractivity contribution is 5.96. The van der Waals surface area contributed by atoms with E-state index in [1.807, 2.05) is 6.92 Å². The van der Waals surface area contributed by atoms with Gasteiger partial charge in [0.1, 0.15) is 5.75 Å². The maximum atomic E-state index is 12.2. The molecular formula is C20H24N4O4. The van der Waals surface area contributed by atoms with Gasteiger partial charge in [-0.05, 0) is 55.1 Å². The predicted molar refractivity (Wildman–Crippen MR) is 107 cm³/mol. The molecule has 28 heavy (non-hydrogen) atoms. The zero-order valence-electron chi connectivity index (χ0n) is 15.9. The quantitative estimate of drug-likeness (QED) is 0.609. The molecule has 0 saturated carbocycles. The maximum absolute atomic E-state index is 12.2. The van der Waals surface area contributed by atoms with Crippen LogP contribution in [0.4, 0.5) is 11.4 Å². The summed E-state index contributed by atoms with van der Waals surface area (Å²) in [5, 5.41) is 5.52. The highest BCUT2D eigenvalue weighted by Crippen LogP contribution is 2.15. The number of likely N-dealkylation sites (N-methyl/N-ethyl adjacent to an activating group) is 1. The van der Waals surface area contributed by atoms with E-state index in [2.05, 4.69) is 10.6 Å². The third-order valence-electron chi connectivity index (χ3n) is 4.01. The van der Waals surface area contributed by atoms with Crippen LogP contribution in [-0.2, 0) is 9.59 Å². The third kappa shape index (κ3) is 6.40. The van der Waals surface area contributed by atoms with Crippen LogP contribution in [0.25, 0.3) is 0 Å². The molecule has 0 aliphatic rings. The van der Waals surface area contributed by atoms with Gasteiger partial charge in [-0.2, -0.15) is 0 Å². The Balaban J connectivity index is 1.85. The van der Waals surface area contributed by atoms with Gasteiger partial charge in [-0.3, -0.25) is 19.3 Å². The van der Waals surface area contributed by atoms with Crippen LogP contribution in [0.2, 0.25) is 0 Å². The molecule has 0 aromatic heterocycles. The van der Waals surface area contributed by atoms with Crippen LogP contribution in [0.1, 0.15) is 17.3 Å². The van der Waals surface area contributed by atoms with E-state index in [4.69, 9.17) is 10.5 Å². The van der Waals surface area contributed by atoms with E-state index < -0.39 is 5.91 Å². The molecule has 0 aliphatic heterocycles. The van der Waals surface area contributed by atoms with Gasteiger partial charge in [0, 0.05) is 16.9 Å². The monoisotopic (exact) mass is 384 g/mol. The molecule has 0 aliphatic carbocycles. The Kier molecular flexibility index (Phi) is 7.53. The smallest absolute Gasteiger partial charge is 0.248 e. The Hall–Kier alpha value is -3.39. The summed E-state index contributed by atoms with van der Waals surface area (Å²) < 4.78 is 5.08. The van der Waals surface area contributed by atoms with Gasteiger partial charge in [0.25, 0.3) is 0 Å². The first-order chi connectivity index (χ1) is 13.4. The molecule has 0 spiro atoms. The Bertz CT molecular complexity index is 819. The van der Waals surface area contributed by atoms with Crippen molar-refractivity contribution < 1.29 is 19.1 Å². The zero-order chi connectivity index (χ0) is 20.5. The van der Waals surface area contributed by atoms with Crippen LogP contribution < -0.4 is 21.1 Å². The number of nitrogens with one attached hydrogen (secondary N) is 2. The van der Waals surface area contributed by atoms with Crippen LogP contribution in [0, 0.1) is 0 Å². The van der Waals surface area contributed by atoms with E-state index in [1.165, 1.54) is 12.1 Å². The fourth-order valence-electron chi connectivity index (χ4n) is 2.48. The van der Waals surface area contributed by atoms with Gasteiger partial charge in [-0.15, -0.1) is 0 Å². The highest BCUT2D eigenvalue weighted by Gasteiger charge is 2.14. The van der Waals surface area contributed by atoms with Crippen LogP contribution in [0.5, 0.6) is 5.75 Å². The third-order valence-corrected chi connectivity index (χ3v) is 4.01. The first-order valence-corrected chi connectivity index (χ1v) is 8.77. The number of rotatable bonds is 9. The van der Waals surface area contributed by atoms with Gasteiger partial charge in [-0.25, -0.2) is 0 Å². The Labute approximate surface area is 163 Å². The number of ether oxygens (including phenoxy) is 1. The second-order valence-corrected chi connectivity index (χ2v) is 6.07. The average molecular weight is 384 g/mol. The lowest BCUT2D eigenvalue weighted by molar-refractivity contribution is -0.119. The summed E-state index contributed by atoms with van der Waals surface area (Å²) in [6.07, 6.45) is 0. The molecule has 2 aromatic carbocycles. The summed E-state index contributed by atoms with van der Waals surface area (Å²) in [4.78, 5) is 37.2. The van der Waals surface area contributed by atoms with Gasteiger partial charge in [0.15, 0.2) is 0 Å². The summed E-state index contributed by atoms with van der Waals surface area (Å²) in [6.45, 7) is 2.54. The Morgan fingerprint density at radius 1 is 0.893 bits per heavy atom. The van der Waals surface area contributed by atoms with Crippen molar-refractivity contribution >= 4 is 29.1 Å². The Morgan fingerprint density at radius 3 is 1.75 bits per heavy atom.